The Morgan fingerprint density at radius 2 is 1.72 bits per heavy atom. The molecule has 2 aromatic carbocycles. The molecule has 0 spiro atoms. The molecule has 0 radical (unpaired) electrons. The Bertz CT molecular complexity index is 688. The summed E-state index contributed by atoms with van der Waals surface area (Å²) in [6, 6.07) is 12.4. The molecule has 0 aliphatic rings. The zero-order valence-electron chi connectivity index (χ0n) is 14.9. The van der Waals surface area contributed by atoms with Crippen molar-refractivity contribution in [3.63, 3.8) is 0 Å². The van der Waals surface area contributed by atoms with Crippen LogP contribution in [0.15, 0.2) is 42.5 Å². The van der Waals surface area contributed by atoms with Crippen LogP contribution in [0.1, 0.15) is 23.7 Å². The van der Waals surface area contributed by atoms with Crippen molar-refractivity contribution >= 4 is 30.7 Å². The zero-order chi connectivity index (χ0) is 18.1. The van der Waals surface area contributed by atoms with E-state index in [1.165, 1.54) is 0 Å². The van der Waals surface area contributed by atoms with Gasteiger partial charge in [-0.25, -0.2) is 4.79 Å². The quantitative estimate of drug-likeness (QED) is 0.378. The molecule has 2 aromatic rings. The fourth-order valence-corrected chi connectivity index (χ4v) is 4.61. The number of benzene rings is 2. The Hall–Kier alpha value is -2.10. The molecule has 0 bridgehead atoms. The third-order valence-corrected chi connectivity index (χ3v) is 6.85. The van der Waals surface area contributed by atoms with Gasteiger partial charge in [-0.05, 0) is 54.1 Å². The van der Waals surface area contributed by atoms with Gasteiger partial charge in [0.1, 0.15) is 27.0 Å². The number of esters is 1. The van der Waals surface area contributed by atoms with Crippen LogP contribution in [0.5, 0.6) is 17.2 Å². The standard InChI is InChI=1S/C18H24O5Si2/c1-4-11-21-15-9-10-16(17(12-15)25-23-24-3)18(19)22-14-7-5-13(20-2)6-8-14/h5-10,12H,4,11,24-25H2,1-3H3. The molecule has 2 rings (SSSR count). The number of carbonyl (C=O) groups excluding carboxylic acids is 1. The van der Waals surface area contributed by atoms with E-state index in [1.54, 1.807) is 37.4 Å². The van der Waals surface area contributed by atoms with Crippen molar-refractivity contribution in [2.24, 2.45) is 0 Å². The molecule has 134 valence electrons. The molecule has 7 heteroatoms. The summed E-state index contributed by atoms with van der Waals surface area (Å²) in [5.74, 6) is 1.59. The van der Waals surface area contributed by atoms with Crippen LogP contribution in [0, 0.1) is 0 Å². The number of hydrogen-bond acceptors (Lipinski definition) is 5. The predicted molar refractivity (Wildman–Crippen MR) is 104 cm³/mol. The second kappa shape index (κ2) is 10.0. The molecular weight excluding hydrogens is 352 g/mol. The van der Waals surface area contributed by atoms with Gasteiger partial charge in [0.15, 0.2) is 9.76 Å². The topological polar surface area (TPSA) is 54.0 Å². The summed E-state index contributed by atoms with van der Waals surface area (Å²) >= 11 is 0. The maximum absolute atomic E-state index is 12.6. The van der Waals surface area contributed by atoms with Crippen LogP contribution < -0.4 is 19.4 Å². The van der Waals surface area contributed by atoms with Crippen LogP contribution in [0.25, 0.3) is 0 Å². The molecule has 0 unspecified atom stereocenters. The second-order valence-corrected chi connectivity index (χ2v) is 8.63. The van der Waals surface area contributed by atoms with E-state index >= 15 is 0 Å². The van der Waals surface area contributed by atoms with Gasteiger partial charge >= 0.3 is 5.97 Å². The van der Waals surface area contributed by atoms with Crippen LogP contribution in [0.2, 0.25) is 6.55 Å². The molecule has 0 saturated heterocycles. The van der Waals surface area contributed by atoms with Gasteiger partial charge in [0.2, 0.25) is 0 Å². The van der Waals surface area contributed by atoms with Gasteiger partial charge in [0, 0.05) is 0 Å². The van der Waals surface area contributed by atoms with E-state index in [4.69, 9.17) is 18.3 Å². The van der Waals surface area contributed by atoms with Crippen molar-refractivity contribution in [3.8, 4) is 17.2 Å². The molecule has 0 aliphatic heterocycles. The van der Waals surface area contributed by atoms with Crippen molar-refractivity contribution in [1.29, 1.82) is 0 Å². The highest BCUT2D eigenvalue weighted by Gasteiger charge is 2.15. The molecule has 0 atom stereocenters. The summed E-state index contributed by atoms with van der Waals surface area (Å²) in [4.78, 5) is 12.6. The van der Waals surface area contributed by atoms with Crippen LogP contribution in [-0.2, 0) is 4.12 Å². The fourth-order valence-electron chi connectivity index (χ4n) is 2.22. The Balaban J connectivity index is 2.17. The molecule has 0 amide bonds. The van der Waals surface area contributed by atoms with Crippen molar-refractivity contribution < 1.29 is 23.1 Å². The number of ether oxygens (including phenoxy) is 3. The average Bonchev–Trinajstić information content (AvgIpc) is 2.65. The van der Waals surface area contributed by atoms with Crippen molar-refractivity contribution in [2.75, 3.05) is 13.7 Å². The van der Waals surface area contributed by atoms with Crippen LogP contribution in [-0.4, -0.2) is 39.2 Å². The van der Waals surface area contributed by atoms with E-state index in [9.17, 15) is 4.79 Å². The van der Waals surface area contributed by atoms with E-state index in [2.05, 4.69) is 13.5 Å². The highest BCUT2D eigenvalue weighted by Crippen LogP contribution is 2.19. The first-order valence-electron chi connectivity index (χ1n) is 8.37. The molecule has 0 N–H and O–H groups in total. The lowest BCUT2D eigenvalue weighted by Gasteiger charge is -2.12. The summed E-state index contributed by atoms with van der Waals surface area (Å²) < 4.78 is 22.0. The third kappa shape index (κ3) is 5.73. The molecule has 0 aromatic heterocycles. The highest BCUT2D eigenvalue weighted by molar-refractivity contribution is 6.55. The van der Waals surface area contributed by atoms with Gasteiger partial charge in [-0.2, -0.15) is 0 Å². The maximum Gasteiger partial charge on any atom is 0.343 e. The highest BCUT2D eigenvalue weighted by atomic mass is 28.3. The molecule has 5 nitrogen and oxygen atoms in total. The molecule has 0 heterocycles. The first-order valence-corrected chi connectivity index (χ1v) is 11.6. The molecular formula is C18H24O5Si2. The summed E-state index contributed by atoms with van der Waals surface area (Å²) in [6.45, 7) is 4.79. The van der Waals surface area contributed by atoms with E-state index in [0.29, 0.717) is 23.7 Å². The largest absolute Gasteiger partial charge is 0.497 e. The molecule has 0 aliphatic carbocycles. The van der Waals surface area contributed by atoms with Gasteiger partial charge in [-0.1, -0.05) is 13.5 Å². The predicted octanol–water partition coefficient (Wildman–Crippen LogP) is 1.56. The summed E-state index contributed by atoms with van der Waals surface area (Å²) in [5.41, 5.74) is 0.550. The van der Waals surface area contributed by atoms with Gasteiger partial charge in [0.25, 0.3) is 0 Å². The normalized spacial score (nSPS) is 11.3. The second-order valence-electron chi connectivity index (χ2n) is 5.37. The first kappa shape index (κ1) is 19.2. The molecule has 25 heavy (non-hydrogen) atoms. The van der Waals surface area contributed by atoms with E-state index < -0.39 is 19.5 Å². The minimum Gasteiger partial charge on any atom is -0.497 e. The summed E-state index contributed by atoms with van der Waals surface area (Å²) in [5, 5.41) is 0.918. The minimum atomic E-state index is -0.966. The van der Waals surface area contributed by atoms with Gasteiger partial charge in [0.05, 0.1) is 19.3 Å². The SMILES string of the molecule is CCCOc1ccc(C(=O)Oc2ccc(OC)cc2)c([SiH2]O[SiH2]C)c1. The lowest BCUT2D eigenvalue weighted by atomic mass is 10.2. The van der Waals surface area contributed by atoms with Crippen LogP contribution in [0.3, 0.4) is 0 Å². The molecule has 0 fully saturated rings. The first-order chi connectivity index (χ1) is 12.2. The average molecular weight is 377 g/mol. The maximum atomic E-state index is 12.6. The third-order valence-electron chi connectivity index (χ3n) is 3.50. The van der Waals surface area contributed by atoms with Gasteiger partial charge in [-0.3, -0.25) is 0 Å². The monoisotopic (exact) mass is 376 g/mol. The number of hydrogen-bond donors (Lipinski definition) is 0. The number of carbonyl (C=O) groups is 1. The van der Waals surface area contributed by atoms with Gasteiger partial charge in [-0.15, -0.1) is 0 Å². The number of methoxy groups -OCH3 is 1. The Kier molecular flexibility index (Phi) is 7.71. The lowest BCUT2D eigenvalue weighted by molar-refractivity contribution is 0.0736. The van der Waals surface area contributed by atoms with Crippen molar-refractivity contribution in [3.05, 3.63) is 48.0 Å². The van der Waals surface area contributed by atoms with Crippen LogP contribution in [0.4, 0.5) is 0 Å². The fraction of sp³-hybridized carbons (Fsp3) is 0.278. The van der Waals surface area contributed by atoms with Gasteiger partial charge < -0.3 is 18.3 Å². The number of rotatable bonds is 9. The zero-order valence-corrected chi connectivity index (χ0v) is 17.7. The molecule has 0 saturated carbocycles. The van der Waals surface area contributed by atoms with E-state index in [-0.39, 0.29) is 5.97 Å². The van der Waals surface area contributed by atoms with E-state index in [1.807, 2.05) is 12.1 Å². The van der Waals surface area contributed by atoms with Crippen molar-refractivity contribution in [2.45, 2.75) is 19.9 Å². The summed E-state index contributed by atoms with van der Waals surface area (Å²) in [7, 11) is 0.120. The summed E-state index contributed by atoms with van der Waals surface area (Å²) in [6.07, 6.45) is 0.937. The Labute approximate surface area is 153 Å². The Morgan fingerprint density at radius 1 is 1.04 bits per heavy atom. The van der Waals surface area contributed by atoms with Crippen LogP contribution >= 0.6 is 0 Å². The minimum absolute atomic E-state index is 0.379. The lowest BCUT2D eigenvalue weighted by Crippen LogP contribution is -2.27. The van der Waals surface area contributed by atoms with E-state index in [0.717, 1.165) is 17.4 Å². The Morgan fingerprint density at radius 3 is 2.36 bits per heavy atom. The smallest absolute Gasteiger partial charge is 0.343 e. The van der Waals surface area contributed by atoms with Crippen molar-refractivity contribution in [1.82, 2.24) is 0 Å².